The minimum Gasteiger partial charge on any atom is -0.320 e. The molecule has 0 fully saturated rings. The standard InChI is InChI=1S/C16H16N2O2S/c1-13-12-15(10-9-14(13)6-5-11-17)18-21(19,20)16-7-3-2-4-8-16/h2-4,7-10,12,18H,11,17H2,1H3. The molecule has 0 aliphatic rings. The molecule has 0 atom stereocenters. The Hall–Kier alpha value is -2.29. The molecule has 0 aliphatic heterocycles. The summed E-state index contributed by atoms with van der Waals surface area (Å²) >= 11 is 0. The Morgan fingerprint density at radius 3 is 2.48 bits per heavy atom. The summed E-state index contributed by atoms with van der Waals surface area (Å²) in [7, 11) is -3.57. The summed E-state index contributed by atoms with van der Waals surface area (Å²) in [6.45, 7) is 2.17. The zero-order valence-corrected chi connectivity index (χ0v) is 12.4. The molecular formula is C16H16N2O2S. The van der Waals surface area contributed by atoms with Gasteiger partial charge in [0.1, 0.15) is 0 Å². The molecule has 0 heterocycles. The van der Waals surface area contributed by atoms with E-state index < -0.39 is 10.0 Å². The Labute approximate surface area is 125 Å². The molecule has 0 radical (unpaired) electrons. The van der Waals surface area contributed by atoms with Crippen molar-refractivity contribution in [1.82, 2.24) is 0 Å². The fraction of sp³-hybridized carbons (Fsp3) is 0.125. The first-order valence-electron chi connectivity index (χ1n) is 6.40. The lowest BCUT2D eigenvalue weighted by atomic mass is 10.1. The zero-order valence-electron chi connectivity index (χ0n) is 11.6. The number of benzene rings is 2. The second-order valence-electron chi connectivity index (χ2n) is 4.45. The van der Waals surface area contributed by atoms with Crippen LogP contribution in [0.25, 0.3) is 0 Å². The largest absolute Gasteiger partial charge is 0.320 e. The SMILES string of the molecule is Cc1cc(NS(=O)(=O)c2ccccc2)ccc1C#CCN. The van der Waals surface area contributed by atoms with Gasteiger partial charge in [-0.15, -0.1) is 0 Å². The van der Waals surface area contributed by atoms with Crippen molar-refractivity contribution >= 4 is 15.7 Å². The lowest BCUT2D eigenvalue weighted by Gasteiger charge is -2.09. The third-order valence-electron chi connectivity index (χ3n) is 2.86. The number of aryl methyl sites for hydroxylation is 1. The highest BCUT2D eigenvalue weighted by Crippen LogP contribution is 2.18. The van der Waals surface area contributed by atoms with Crippen LogP contribution in [0.2, 0.25) is 0 Å². The van der Waals surface area contributed by atoms with Gasteiger partial charge in [-0.25, -0.2) is 8.42 Å². The molecule has 2 aromatic carbocycles. The summed E-state index contributed by atoms with van der Waals surface area (Å²) in [6.07, 6.45) is 0. The predicted octanol–water partition coefficient (Wildman–Crippen LogP) is 2.11. The molecule has 0 saturated heterocycles. The van der Waals surface area contributed by atoms with Gasteiger partial charge in [-0.1, -0.05) is 30.0 Å². The molecule has 0 saturated carbocycles. The van der Waals surface area contributed by atoms with Gasteiger partial charge in [0.15, 0.2) is 0 Å². The molecule has 0 amide bonds. The minimum atomic E-state index is -3.57. The lowest BCUT2D eigenvalue weighted by molar-refractivity contribution is 0.601. The maximum atomic E-state index is 12.2. The van der Waals surface area contributed by atoms with Crippen LogP contribution < -0.4 is 10.5 Å². The van der Waals surface area contributed by atoms with Crippen molar-refractivity contribution in [3.63, 3.8) is 0 Å². The van der Waals surface area contributed by atoms with Crippen molar-refractivity contribution in [2.45, 2.75) is 11.8 Å². The third-order valence-corrected chi connectivity index (χ3v) is 4.25. The van der Waals surface area contributed by atoms with Crippen LogP contribution in [0, 0.1) is 18.8 Å². The summed E-state index contributed by atoms with van der Waals surface area (Å²) in [5, 5.41) is 0. The zero-order chi connectivity index (χ0) is 15.3. The van der Waals surface area contributed by atoms with Gasteiger partial charge in [0.25, 0.3) is 10.0 Å². The number of nitrogens with two attached hydrogens (primary N) is 1. The summed E-state index contributed by atoms with van der Waals surface area (Å²) in [5.74, 6) is 5.72. The number of hydrogen-bond acceptors (Lipinski definition) is 3. The third kappa shape index (κ3) is 3.85. The second-order valence-corrected chi connectivity index (χ2v) is 6.14. The predicted molar refractivity (Wildman–Crippen MR) is 84.4 cm³/mol. The Balaban J connectivity index is 2.27. The molecule has 0 bridgehead atoms. The van der Waals surface area contributed by atoms with Crippen LogP contribution in [0.3, 0.4) is 0 Å². The highest BCUT2D eigenvalue weighted by Gasteiger charge is 2.13. The van der Waals surface area contributed by atoms with E-state index >= 15 is 0 Å². The maximum Gasteiger partial charge on any atom is 0.261 e. The van der Waals surface area contributed by atoms with Crippen molar-refractivity contribution in [2.75, 3.05) is 11.3 Å². The van der Waals surface area contributed by atoms with Crippen LogP contribution >= 0.6 is 0 Å². The van der Waals surface area contributed by atoms with E-state index in [1.54, 1.807) is 48.5 Å². The maximum absolute atomic E-state index is 12.2. The first kappa shape index (κ1) is 15.1. The molecule has 5 heteroatoms. The number of sulfonamides is 1. The van der Waals surface area contributed by atoms with Crippen LogP contribution in [0.15, 0.2) is 53.4 Å². The van der Waals surface area contributed by atoms with Gasteiger partial charge in [0.05, 0.1) is 11.4 Å². The van der Waals surface area contributed by atoms with Gasteiger partial charge in [-0.2, -0.15) is 0 Å². The highest BCUT2D eigenvalue weighted by molar-refractivity contribution is 7.92. The van der Waals surface area contributed by atoms with Gasteiger partial charge in [-0.05, 0) is 42.8 Å². The normalized spacial score (nSPS) is 10.6. The molecule has 3 N–H and O–H groups in total. The molecule has 21 heavy (non-hydrogen) atoms. The summed E-state index contributed by atoms with van der Waals surface area (Å²) in [4.78, 5) is 0.231. The average molecular weight is 300 g/mol. The van der Waals surface area contributed by atoms with E-state index in [1.165, 1.54) is 0 Å². The molecule has 0 spiro atoms. The van der Waals surface area contributed by atoms with Crippen LogP contribution in [0.1, 0.15) is 11.1 Å². The lowest BCUT2D eigenvalue weighted by Crippen LogP contribution is -2.12. The summed E-state index contributed by atoms with van der Waals surface area (Å²) in [6, 6.07) is 13.5. The monoisotopic (exact) mass is 300 g/mol. The van der Waals surface area contributed by atoms with E-state index in [0.29, 0.717) is 12.2 Å². The molecule has 0 aliphatic carbocycles. The first-order valence-corrected chi connectivity index (χ1v) is 7.89. The van der Waals surface area contributed by atoms with E-state index in [9.17, 15) is 8.42 Å². The Kier molecular flexibility index (Phi) is 4.63. The van der Waals surface area contributed by atoms with E-state index in [2.05, 4.69) is 16.6 Å². The van der Waals surface area contributed by atoms with E-state index in [1.807, 2.05) is 6.92 Å². The highest BCUT2D eigenvalue weighted by atomic mass is 32.2. The van der Waals surface area contributed by atoms with Crippen LogP contribution in [-0.4, -0.2) is 15.0 Å². The number of hydrogen-bond donors (Lipinski definition) is 2. The number of anilines is 1. The van der Waals surface area contributed by atoms with E-state index in [-0.39, 0.29) is 4.90 Å². The van der Waals surface area contributed by atoms with Gasteiger partial charge < -0.3 is 5.73 Å². The van der Waals surface area contributed by atoms with Crippen LogP contribution in [0.4, 0.5) is 5.69 Å². The molecule has 2 rings (SSSR count). The van der Waals surface area contributed by atoms with Crippen molar-refractivity contribution in [1.29, 1.82) is 0 Å². The fourth-order valence-electron chi connectivity index (χ4n) is 1.83. The fourth-order valence-corrected chi connectivity index (χ4v) is 2.90. The quantitative estimate of drug-likeness (QED) is 0.853. The van der Waals surface area contributed by atoms with Gasteiger partial charge in [-0.3, -0.25) is 4.72 Å². The molecule has 108 valence electrons. The van der Waals surface area contributed by atoms with Crippen LogP contribution in [0.5, 0.6) is 0 Å². The second kappa shape index (κ2) is 6.44. The van der Waals surface area contributed by atoms with Crippen molar-refractivity contribution in [3.05, 3.63) is 59.7 Å². The first-order chi connectivity index (χ1) is 10.0. The molecule has 2 aromatic rings. The number of nitrogens with one attached hydrogen (secondary N) is 1. The summed E-state index contributed by atoms with van der Waals surface area (Å²) < 4.78 is 27.0. The Morgan fingerprint density at radius 1 is 1.14 bits per heavy atom. The molecular weight excluding hydrogens is 284 g/mol. The Morgan fingerprint density at radius 2 is 1.86 bits per heavy atom. The van der Waals surface area contributed by atoms with Gasteiger partial charge >= 0.3 is 0 Å². The average Bonchev–Trinajstić information content (AvgIpc) is 2.47. The van der Waals surface area contributed by atoms with Crippen molar-refractivity contribution in [3.8, 4) is 11.8 Å². The van der Waals surface area contributed by atoms with Gasteiger partial charge in [0.2, 0.25) is 0 Å². The minimum absolute atomic E-state index is 0.231. The molecule has 0 unspecified atom stereocenters. The van der Waals surface area contributed by atoms with Crippen molar-refractivity contribution < 1.29 is 8.42 Å². The smallest absolute Gasteiger partial charge is 0.261 e. The summed E-state index contributed by atoms with van der Waals surface area (Å²) in [5.41, 5.74) is 7.58. The Bertz CT molecular complexity index is 788. The van der Waals surface area contributed by atoms with Crippen LogP contribution in [-0.2, 0) is 10.0 Å². The van der Waals surface area contributed by atoms with E-state index in [4.69, 9.17) is 5.73 Å². The molecule has 4 nitrogen and oxygen atoms in total. The van der Waals surface area contributed by atoms with Gasteiger partial charge in [0, 0.05) is 11.3 Å². The van der Waals surface area contributed by atoms with E-state index in [0.717, 1.165) is 11.1 Å². The number of rotatable bonds is 3. The van der Waals surface area contributed by atoms with Crippen molar-refractivity contribution in [2.24, 2.45) is 5.73 Å². The topological polar surface area (TPSA) is 72.2 Å². The molecule has 0 aromatic heterocycles.